The lowest BCUT2D eigenvalue weighted by molar-refractivity contribution is -0.166. The summed E-state index contributed by atoms with van der Waals surface area (Å²) in [5, 5.41) is 10.7. The topological polar surface area (TPSA) is 80.7 Å². The van der Waals surface area contributed by atoms with Gasteiger partial charge in [0.1, 0.15) is 18.7 Å². The lowest BCUT2D eigenvalue weighted by Gasteiger charge is -2.55. The number of aliphatic hydroxyl groups excluding tert-OH is 1. The van der Waals surface area contributed by atoms with Crippen LogP contribution in [0, 0.1) is 23.2 Å². The molecule has 5 heteroatoms. The Morgan fingerprint density at radius 1 is 1.28 bits per heavy atom. The molecule has 5 nitrogen and oxygen atoms in total. The van der Waals surface area contributed by atoms with E-state index in [9.17, 15) is 19.5 Å². The molecule has 29 heavy (non-hydrogen) atoms. The Kier molecular flexibility index (Phi) is 5.99. The van der Waals surface area contributed by atoms with E-state index in [1.807, 2.05) is 37.3 Å². The Balaban J connectivity index is 1.92. The summed E-state index contributed by atoms with van der Waals surface area (Å²) in [5.74, 6) is -1.80. The van der Waals surface area contributed by atoms with Gasteiger partial charge in [-0.15, -0.1) is 0 Å². The molecule has 1 fully saturated rings. The maximum Gasteiger partial charge on any atom is 0.331 e. The number of allylic oxidation sites excluding steroid dienone is 1. The summed E-state index contributed by atoms with van der Waals surface area (Å²) in [5.41, 5.74) is 0.935. The second-order valence-corrected chi connectivity index (χ2v) is 8.11. The fourth-order valence-corrected chi connectivity index (χ4v) is 4.79. The Bertz CT molecular complexity index is 869. The van der Waals surface area contributed by atoms with Crippen LogP contribution in [0.1, 0.15) is 25.8 Å². The highest BCUT2D eigenvalue weighted by Crippen LogP contribution is 2.56. The molecule has 0 radical (unpaired) electrons. The molecular weight excluding hydrogens is 368 g/mol. The number of hydrogen-bond donors (Lipinski definition) is 1. The number of fused-ring (bicyclic) bond motifs is 1. The van der Waals surface area contributed by atoms with Gasteiger partial charge in [-0.2, -0.15) is 0 Å². The van der Waals surface area contributed by atoms with Gasteiger partial charge >= 0.3 is 5.97 Å². The molecule has 1 aromatic carbocycles. The minimum Gasteiger partial charge on any atom is -0.459 e. The first-order chi connectivity index (χ1) is 13.8. The zero-order valence-corrected chi connectivity index (χ0v) is 16.7. The Morgan fingerprint density at radius 2 is 1.97 bits per heavy atom. The van der Waals surface area contributed by atoms with E-state index in [2.05, 4.69) is 6.58 Å². The summed E-state index contributed by atoms with van der Waals surface area (Å²) in [7, 11) is 0. The van der Waals surface area contributed by atoms with Crippen LogP contribution in [0.3, 0.4) is 0 Å². The number of carbonyl (C=O) groups excluding carboxylic acids is 3. The molecule has 1 saturated carbocycles. The fraction of sp³-hybridized carbons (Fsp3) is 0.375. The van der Waals surface area contributed by atoms with Crippen molar-refractivity contribution in [3.63, 3.8) is 0 Å². The van der Waals surface area contributed by atoms with Crippen molar-refractivity contribution in [2.24, 2.45) is 23.2 Å². The molecule has 1 N–H and O–H groups in total. The van der Waals surface area contributed by atoms with E-state index in [1.165, 1.54) is 12.2 Å². The van der Waals surface area contributed by atoms with Gasteiger partial charge in [0, 0.05) is 23.0 Å². The Morgan fingerprint density at radius 3 is 2.59 bits per heavy atom. The largest absolute Gasteiger partial charge is 0.459 e. The first-order valence-electron chi connectivity index (χ1n) is 9.75. The number of carbonyl (C=O) groups is 3. The summed E-state index contributed by atoms with van der Waals surface area (Å²) in [6.45, 7) is 7.90. The van der Waals surface area contributed by atoms with Gasteiger partial charge in [-0.1, -0.05) is 56.3 Å². The third-order valence-corrected chi connectivity index (χ3v) is 6.44. The van der Waals surface area contributed by atoms with Gasteiger partial charge in [-0.05, 0) is 30.1 Å². The second kappa shape index (κ2) is 8.29. The predicted molar refractivity (Wildman–Crippen MR) is 110 cm³/mol. The van der Waals surface area contributed by atoms with Crippen LogP contribution in [-0.4, -0.2) is 35.9 Å². The quantitative estimate of drug-likeness (QED) is 0.359. The van der Waals surface area contributed by atoms with Crippen LogP contribution >= 0.6 is 0 Å². The van der Waals surface area contributed by atoms with E-state index in [0.717, 1.165) is 11.1 Å². The summed E-state index contributed by atoms with van der Waals surface area (Å²) in [4.78, 5) is 36.1. The van der Waals surface area contributed by atoms with Crippen molar-refractivity contribution in [2.45, 2.75) is 32.5 Å². The molecule has 2 aliphatic carbocycles. The van der Waals surface area contributed by atoms with Crippen LogP contribution in [0.15, 0.2) is 60.2 Å². The van der Waals surface area contributed by atoms with Crippen molar-refractivity contribution in [2.75, 3.05) is 0 Å². The van der Waals surface area contributed by atoms with Crippen molar-refractivity contribution in [1.82, 2.24) is 0 Å². The summed E-state index contributed by atoms with van der Waals surface area (Å²) in [6.07, 6.45) is 4.62. The summed E-state index contributed by atoms with van der Waals surface area (Å²) in [6, 6.07) is 9.37. The number of aliphatic hydroxyl groups is 1. The van der Waals surface area contributed by atoms with E-state index in [1.54, 1.807) is 13.0 Å². The zero-order valence-electron chi connectivity index (χ0n) is 16.7. The van der Waals surface area contributed by atoms with Crippen molar-refractivity contribution >= 4 is 24.6 Å². The molecule has 0 bridgehead atoms. The Hall–Kier alpha value is -2.79. The highest BCUT2D eigenvalue weighted by atomic mass is 16.5. The van der Waals surface area contributed by atoms with Gasteiger partial charge in [0.05, 0.1) is 12.0 Å². The van der Waals surface area contributed by atoms with E-state index >= 15 is 0 Å². The highest BCUT2D eigenvalue weighted by molar-refractivity contribution is 5.87. The number of esters is 1. The molecule has 3 rings (SSSR count). The average Bonchev–Trinajstić information content (AvgIpc) is 2.70. The minimum atomic E-state index is -0.965. The van der Waals surface area contributed by atoms with Gasteiger partial charge < -0.3 is 14.6 Å². The molecule has 0 amide bonds. The highest BCUT2D eigenvalue weighted by Gasteiger charge is 2.58. The van der Waals surface area contributed by atoms with Crippen LogP contribution < -0.4 is 0 Å². The van der Waals surface area contributed by atoms with E-state index in [-0.39, 0.29) is 11.5 Å². The van der Waals surface area contributed by atoms with Gasteiger partial charge in [0.2, 0.25) is 0 Å². The number of aldehydes is 2. The third-order valence-electron chi connectivity index (χ3n) is 6.44. The van der Waals surface area contributed by atoms with Crippen molar-refractivity contribution in [3.05, 3.63) is 65.8 Å². The maximum atomic E-state index is 12.6. The third kappa shape index (κ3) is 3.75. The lowest BCUT2D eigenvalue weighted by atomic mass is 9.51. The molecule has 0 spiro atoms. The van der Waals surface area contributed by atoms with Crippen LogP contribution in [0.2, 0.25) is 0 Å². The standard InChI is InChI=1S/C24H26O5/c1-15-11-21(29-22(28)10-9-17-7-5-4-6-8-17)24(3)19(14-26)18(13-25)12-20(27)23(24)16(15)2/h4-10,12-15,19-21,23,27H,2,11H2,1,3H3/t15-,19-,20-,21+,23+,24-/m0/s1. The van der Waals surface area contributed by atoms with Crippen LogP contribution in [0.5, 0.6) is 0 Å². The number of ether oxygens (including phenoxy) is 1. The average molecular weight is 394 g/mol. The molecular formula is C24H26O5. The second-order valence-electron chi connectivity index (χ2n) is 8.11. The Labute approximate surface area is 170 Å². The SMILES string of the molecule is C=C1[C@@H]2[C@@H](O)C=C(C=O)[C@H](C=O)[C@@]2(C)[C@H](OC(=O)C=Cc2ccccc2)C[C@@H]1C. The smallest absolute Gasteiger partial charge is 0.331 e. The van der Waals surface area contributed by atoms with Crippen molar-refractivity contribution in [1.29, 1.82) is 0 Å². The van der Waals surface area contributed by atoms with E-state index < -0.39 is 35.4 Å². The molecule has 0 heterocycles. The summed E-state index contributed by atoms with van der Waals surface area (Å²) >= 11 is 0. The van der Waals surface area contributed by atoms with E-state index in [4.69, 9.17) is 4.74 Å². The monoisotopic (exact) mass is 394 g/mol. The van der Waals surface area contributed by atoms with Gasteiger partial charge in [0.25, 0.3) is 0 Å². The molecule has 6 atom stereocenters. The lowest BCUT2D eigenvalue weighted by Crippen LogP contribution is -2.58. The minimum absolute atomic E-state index is 0.00267. The first-order valence-corrected chi connectivity index (χ1v) is 9.75. The molecule has 152 valence electrons. The molecule has 0 saturated heterocycles. The molecule has 2 aliphatic rings. The summed E-state index contributed by atoms with van der Waals surface area (Å²) < 4.78 is 5.80. The molecule has 0 aromatic heterocycles. The van der Waals surface area contributed by atoms with Gasteiger partial charge in [0.15, 0.2) is 0 Å². The first kappa shape index (κ1) is 20.9. The fourth-order valence-electron chi connectivity index (χ4n) is 4.79. The van der Waals surface area contributed by atoms with Crippen molar-refractivity contribution in [3.8, 4) is 0 Å². The molecule has 0 aliphatic heterocycles. The van der Waals surface area contributed by atoms with Crippen LogP contribution in [-0.2, 0) is 19.1 Å². The normalized spacial score (nSPS) is 34.2. The van der Waals surface area contributed by atoms with Crippen molar-refractivity contribution < 1.29 is 24.2 Å². The number of hydrogen-bond acceptors (Lipinski definition) is 5. The molecule has 0 unspecified atom stereocenters. The van der Waals surface area contributed by atoms with Gasteiger partial charge in [-0.25, -0.2) is 4.79 Å². The predicted octanol–water partition coefficient (Wildman–Crippen LogP) is 3.15. The van der Waals surface area contributed by atoms with E-state index in [0.29, 0.717) is 19.0 Å². The zero-order chi connectivity index (χ0) is 21.2. The number of rotatable bonds is 5. The maximum absolute atomic E-state index is 12.6. The molecule has 1 aromatic rings. The van der Waals surface area contributed by atoms with Crippen LogP contribution in [0.25, 0.3) is 6.08 Å². The van der Waals surface area contributed by atoms with Gasteiger partial charge in [-0.3, -0.25) is 4.79 Å². The van der Waals surface area contributed by atoms with Crippen LogP contribution in [0.4, 0.5) is 0 Å². The number of benzene rings is 1.